The number of nitrogens with two attached hydrogens (primary N) is 1. The highest BCUT2D eigenvalue weighted by Crippen LogP contribution is 2.22. The molecule has 1 saturated heterocycles. The Bertz CT molecular complexity index is 575. The van der Waals surface area contributed by atoms with Gasteiger partial charge in [0.05, 0.1) is 12.6 Å². The quantitative estimate of drug-likeness (QED) is 0.796. The van der Waals surface area contributed by atoms with Gasteiger partial charge in [-0.05, 0) is 49.4 Å². The fourth-order valence-electron chi connectivity index (χ4n) is 3.39. The molecule has 1 aromatic rings. The number of hydrogen-bond donors (Lipinski definition) is 2. The fourth-order valence-corrected chi connectivity index (χ4v) is 3.39. The number of carbonyl (C=O) groups is 2. The van der Waals surface area contributed by atoms with Crippen LogP contribution in [-0.2, 0) is 16.0 Å². The molecule has 25 heavy (non-hydrogen) atoms. The van der Waals surface area contributed by atoms with Crippen molar-refractivity contribution < 1.29 is 9.59 Å². The first-order chi connectivity index (χ1) is 11.9. The predicted molar refractivity (Wildman–Crippen MR) is 99.9 cm³/mol. The molecule has 1 fully saturated rings. The molecule has 1 atom stereocenters. The van der Waals surface area contributed by atoms with Crippen molar-refractivity contribution in [1.29, 1.82) is 0 Å². The van der Waals surface area contributed by atoms with E-state index in [1.54, 1.807) is 0 Å². The third kappa shape index (κ3) is 5.56. The number of nitrogens with zero attached hydrogens (tertiary/aromatic N) is 1. The molecule has 0 aliphatic carbocycles. The lowest BCUT2D eigenvalue weighted by molar-refractivity contribution is -0.124. The monoisotopic (exact) mass is 345 g/mol. The van der Waals surface area contributed by atoms with Crippen LogP contribution in [0.15, 0.2) is 24.3 Å². The molecule has 0 unspecified atom stereocenters. The first kappa shape index (κ1) is 19.4. The van der Waals surface area contributed by atoms with E-state index in [0.717, 1.165) is 37.9 Å². The normalized spacial score (nSPS) is 17.4. The van der Waals surface area contributed by atoms with Gasteiger partial charge in [0.15, 0.2) is 0 Å². The van der Waals surface area contributed by atoms with Crippen molar-refractivity contribution in [2.75, 3.05) is 19.6 Å². The minimum Gasteiger partial charge on any atom is -0.369 e. The number of hydrogen-bond acceptors (Lipinski definition) is 3. The summed E-state index contributed by atoms with van der Waals surface area (Å²) in [5, 5.41) is 3.18. The van der Waals surface area contributed by atoms with E-state index < -0.39 is 0 Å². The maximum atomic E-state index is 12.5. The van der Waals surface area contributed by atoms with Crippen molar-refractivity contribution in [3.8, 4) is 0 Å². The van der Waals surface area contributed by atoms with Crippen molar-refractivity contribution in [2.24, 2.45) is 17.6 Å². The molecule has 0 aromatic heterocycles. The number of carbonyl (C=O) groups excluding carboxylic acids is 2. The number of amides is 2. The van der Waals surface area contributed by atoms with Gasteiger partial charge in [-0.15, -0.1) is 0 Å². The van der Waals surface area contributed by atoms with E-state index in [0.29, 0.717) is 12.5 Å². The van der Waals surface area contributed by atoms with Gasteiger partial charge in [0.25, 0.3) is 0 Å². The molecule has 1 heterocycles. The molecule has 2 amide bonds. The van der Waals surface area contributed by atoms with Crippen LogP contribution in [0.1, 0.15) is 50.8 Å². The van der Waals surface area contributed by atoms with E-state index in [2.05, 4.69) is 55.3 Å². The van der Waals surface area contributed by atoms with Crippen molar-refractivity contribution in [2.45, 2.75) is 46.1 Å². The molecule has 0 bridgehead atoms. The van der Waals surface area contributed by atoms with Gasteiger partial charge in [-0.2, -0.15) is 0 Å². The Morgan fingerprint density at radius 1 is 1.20 bits per heavy atom. The van der Waals surface area contributed by atoms with Crippen molar-refractivity contribution in [1.82, 2.24) is 10.2 Å². The summed E-state index contributed by atoms with van der Waals surface area (Å²) >= 11 is 0. The Kier molecular flexibility index (Phi) is 7.00. The highest BCUT2D eigenvalue weighted by atomic mass is 16.2. The number of benzene rings is 1. The van der Waals surface area contributed by atoms with Gasteiger partial charge in [0.2, 0.25) is 11.8 Å². The summed E-state index contributed by atoms with van der Waals surface area (Å²) in [6.45, 7) is 8.26. The number of aryl methyl sites for hydroxylation is 1. The lowest BCUT2D eigenvalue weighted by atomic mass is 9.94. The van der Waals surface area contributed by atoms with Crippen LogP contribution in [0.2, 0.25) is 0 Å². The molecule has 1 aliphatic rings. The molecular weight excluding hydrogens is 314 g/mol. The number of primary amides is 1. The molecule has 0 spiro atoms. The molecule has 0 radical (unpaired) electrons. The second kappa shape index (κ2) is 8.99. The first-order valence-corrected chi connectivity index (χ1v) is 9.30. The zero-order valence-electron chi connectivity index (χ0n) is 15.6. The summed E-state index contributed by atoms with van der Waals surface area (Å²) in [5.74, 6) is 0.0899. The first-order valence-electron chi connectivity index (χ1n) is 9.30. The Morgan fingerprint density at radius 2 is 1.80 bits per heavy atom. The van der Waals surface area contributed by atoms with Crippen LogP contribution in [0.5, 0.6) is 0 Å². The zero-order valence-corrected chi connectivity index (χ0v) is 15.6. The average molecular weight is 345 g/mol. The SMILES string of the molecule is CCc1ccc([C@@H](NC(=O)CN2CCC(C(N)=O)CC2)C(C)C)cc1. The molecule has 1 aromatic carbocycles. The topological polar surface area (TPSA) is 75.4 Å². The van der Waals surface area contributed by atoms with Gasteiger partial charge >= 0.3 is 0 Å². The molecule has 5 heteroatoms. The van der Waals surface area contributed by atoms with Crippen LogP contribution < -0.4 is 11.1 Å². The Hall–Kier alpha value is -1.88. The largest absolute Gasteiger partial charge is 0.369 e. The number of piperidine rings is 1. The number of rotatable bonds is 7. The number of likely N-dealkylation sites (tertiary alicyclic amines) is 1. The van der Waals surface area contributed by atoms with E-state index in [1.807, 2.05) is 0 Å². The van der Waals surface area contributed by atoms with Crippen LogP contribution >= 0.6 is 0 Å². The molecule has 3 N–H and O–H groups in total. The molecule has 138 valence electrons. The van der Waals surface area contributed by atoms with Gasteiger partial charge in [-0.25, -0.2) is 0 Å². The summed E-state index contributed by atoms with van der Waals surface area (Å²) in [7, 11) is 0. The summed E-state index contributed by atoms with van der Waals surface area (Å²) in [5.41, 5.74) is 7.81. The molecular formula is C20H31N3O2. The smallest absolute Gasteiger partial charge is 0.234 e. The second-order valence-corrected chi connectivity index (χ2v) is 7.34. The van der Waals surface area contributed by atoms with Crippen LogP contribution in [-0.4, -0.2) is 36.3 Å². The second-order valence-electron chi connectivity index (χ2n) is 7.34. The van der Waals surface area contributed by atoms with Crippen molar-refractivity contribution >= 4 is 11.8 Å². The van der Waals surface area contributed by atoms with Crippen molar-refractivity contribution in [3.63, 3.8) is 0 Å². The lowest BCUT2D eigenvalue weighted by Crippen LogP contribution is -2.44. The summed E-state index contributed by atoms with van der Waals surface area (Å²) in [6, 6.07) is 8.50. The zero-order chi connectivity index (χ0) is 18.4. The van der Waals surface area contributed by atoms with Gasteiger partial charge in [-0.1, -0.05) is 45.0 Å². The van der Waals surface area contributed by atoms with Crippen LogP contribution in [0.3, 0.4) is 0 Å². The van der Waals surface area contributed by atoms with Gasteiger partial charge in [-0.3, -0.25) is 14.5 Å². The summed E-state index contributed by atoms with van der Waals surface area (Å²) in [4.78, 5) is 25.8. The highest BCUT2D eigenvalue weighted by Gasteiger charge is 2.25. The van der Waals surface area contributed by atoms with E-state index in [4.69, 9.17) is 5.73 Å². The van der Waals surface area contributed by atoms with Gasteiger partial charge < -0.3 is 11.1 Å². The minimum absolute atomic E-state index is 0.0153. The molecule has 1 aliphatic heterocycles. The Balaban J connectivity index is 1.91. The van der Waals surface area contributed by atoms with Crippen LogP contribution in [0.25, 0.3) is 0 Å². The predicted octanol–water partition coefficient (Wildman–Crippen LogP) is 2.26. The summed E-state index contributed by atoms with van der Waals surface area (Å²) < 4.78 is 0. The maximum absolute atomic E-state index is 12.5. The van der Waals surface area contributed by atoms with Crippen LogP contribution in [0, 0.1) is 11.8 Å². The lowest BCUT2D eigenvalue weighted by Gasteiger charge is -2.31. The van der Waals surface area contributed by atoms with Crippen molar-refractivity contribution in [3.05, 3.63) is 35.4 Å². The highest BCUT2D eigenvalue weighted by molar-refractivity contribution is 5.79. The molecule has 0 saturated carbocycles. The number of nitrogens with one attached hydrogen (secondary N) is 1. The van der Waals surface area contributed by atoms with E-state index >= 15 is 0 Å². The van der Waals surface area contributed by atoms with Gasteiger partial charge in [0, 0.05) is 5.92 Å². The van der Waals surface area contributed by atoms with E-state index in [-0.39, 0.29) is 23.8 Å². The Labute approximate surface area is 151 Å². The standard InChI is InChI=1S/C20H31N3O2/c1-4-15-5-7-16(8-6-15)19(14(2)3)22-18(24)13-23-11-9-17(10-12-23)20(21)25/h5-8,14,17,19H,4,9-13H2,1-3H3,(H2,21,25)(H,22,24)/t19-/m0/s1. The van der Waals surface area contributed by atoms with Gasteiger partial charge in [0.1, 0.15) is 0 Å². The Morgan fingerprint density at radius 3 is 2.28 bits per heavy atom. The minimum atomic E-state index is -0.223. The maximum Gasteiger partial charge on any atom is 0.234 e. The van der Waals surface area contributed by atoms with E-state index in [1.165, 1.54) is 5.56 Å². The third-order valence-electron chi connectivity index (χ3n) is 5.09. The average Bonchev–Trinajstić information content (AvgIpc) is 2.60. The molecule has 5 nitrogen and oxygen atoms in total. The van der Waals surface area contributed by atoms with E-state index in [9.17, 15) is 9.59 Å². The molecule has 2 rings (SSSR count). The third-order valence-corrected chi connectivity index (χ3v) is 5.09. The van der Waals surface area contributed by atoms with Crippen LogP contribution in [0.4, 0.5) is 0 Å². The fraction of sp³-hybridized carbons (Fsp3) is 0.600. The summed E-state index contributed by atoms with van der Waals surface area (Å²) in [6.07, 6.45) is 2.50.